The van der Waals surface area contributed by atoms with Gasteiger partial charge in [-0.2, -0.15) is 0 Å². The lowest BCUT2D eigenvalue weighted by Gasteiger charge is -2.21. The van der Waals surface area contributed by atoms with Gasteiger partial charge in [0.2, 0.25) is 17.7 Å². The second-order valence-corrected chi connectivity index (χ2v) is 10.0. The first-order chi connectivity index (χ1) is 20.6. The van der Waals surface area contributed by atoms with E-state index in [-0.39, 0.29) is 43.9 Å². The topological polar surface area (TPSA) is 166 Å². The number of aromatic nitrogens is 1. The molecule has 0 aliphatic heterocycles. The van der Waals surface area contributed by atoms with E-state index >= 15 is 0 Å². The Bertz CT molecular complexity index is 1170. The zero-order valence-electron chi connectivity index (χ0n) is 25.7. The summed E-state index contributed by atoms with van der Waals surface area (Å²) in [4.78, 5) is 48.4. The molecule has 0 radical (unpaired) electrons. The molecule has 2 aromatic rings. The van der Waals surface area contributed by atoms with Crippen LogP contribution < -0.4 is 21.4 Å². The van der Waals surface area contributed by atoms with Crippen molar-refractivity contribution < 1.29 is 33.8 Å². The largest absolute Gasteiger partial charge is 0.480 e. The van der Waals surface area contributed by atoms with E-state index in [1.165, 1.54) is 18.9 Å². The highest BCUT2D eigenvalue weighted by Crippen LogP contribution is 2.21. The van der Waals surface area contributed by atoms with Gasteiger partial charge < -0.3 is 40.0 Å². The van der Waals surface area contributed by atoms with Gasteiger partial charge >= 0.3 is 5.97 Å². The zero-order chi connectivity index (χ0) is 31.6. The van der Waals surface area contributed by atoms with Crippen molar-refractivity contribution in [2.45, 2.75) is 38.9 Å². The first kappa shape index (κ1) is 35.6. The monoisotopic (exact) mass is 605 g/mol. The molecule has 0 saturated heterocycles. The summed E-state index contributed by atoms with van der Waals surface area (Å²) in [5, 5.41) is 20.7. The molecule has 5 N–H and O–H groups in total. The molecule has 240 valence electrons. The third kappa shape index (κ3) is 13.1. The zero-order valence-corrected chi connectivity index (χ0v) is 25.7. The van der Waals surface area contributed by atoms with Gasteiger partial charge in [0.05, 0.1) is 45.9 Å². The second kappa shape index (κ2) is 19.6. The number of hydrogen-bond donors (Lipinski definition) is 5. The van der Waals surface area contributed by atoms with Gasteiger partial charge in [0, 0.05) is 57.9 Å². The average Bonchev–Trinajstić information content (AvgIpc) is 3.34. The minimum atomic E-state index is -1.06. The number of nitrogens with zero attached hydrogens (tertiary/aromatic N) is 3. The number of aliphatic carboxylic acids is 1. The van der Waals surface area contributed by atoms with E-state index in [1.807, 2.05) is 31.2 Å². The Hall–Kier alpha value is -3.56. The molecule has 1 unspecified atom stereocenters. The quantitative estimate of drug-likeness (QED) is 0.0894. The smallest absolute Gasteiger partial charge is 0.326 e. The number of nitrogens with one attached hydrogen (secondary N) is 4. The van der Waals surface area contributed by atoms with Crippen molar-refractivity contribution in [3.05, 3.63) is 36.0 Å². The van der Waals surface area contributed by atoms with Crippen LogP contribution in [0.15, 0.2) is 30.3 Å². The molecule has 14 heteroatoms. The standard InChI is InChI=1S/C29H47N7O7/c1-22(29(40)41)35(4)28(39)10-15-42-17-18-43-16-13-33-27(38)20-31-11-12-32-26(37)9-14-36-24(21-34(3)30-2)19-23-7-5-6-8-25(23)36/h5-8,19,22,30-31H,9-18,20-21H2,1-4H3,(H,32,37)(H,33,38)(H,40,41). The first-order valence-electron chi connectivity index (χ1n) is 14.5. The number of rotatable bonds is 22. The second-order valence-electron chi connectivity index (χ2n) is 10.0. The molecule has 1 atom stereocenters. The molecule has 2 rings (SSSR count). The summed E-state index contributed by atoms with van der Waals surface area (Å²) < 4.78 is 12.9. The number of likely N-dealkylation sites (N-methyl/N-ethyl adjacent to an activating group) is 1. The molecule has 1 heterocycles. The first-order valence-corrected chi connectivity index (χ1v) is 14.5. The van der Waals surface area contributed by atoms with Gasteiger partial charge in [0.1, 0.15) is 6.04 Å². The summed E-state index contributed by atoms with van der Waals surface area (Å²) >= 11 is 0. The van der Waals surface area contributed by atoms with Crippen LogP contribution in [0.2, 0.25) is 0 Å². The van der Waals surface area contributed by atoms with E-state index < -0.39 is 12.0 Å². The molecule has 0 fully saturated rings. The number of carboxylic acid groups (broad SMARTS) is 1. The van der Waals surface area contributed by atoms with Crippen LogP contribution in [0.3, 0.4) is 0 Å². The van der Waals surface area contributed by atoms with Crippen molar-refractivity contribution in [2.75, 3.05) is 73.7 Å². The molecule has 0 aliphatic carbocycles. The summed E-state index contributed by atoms with van der Waals surface area (Å²) in [7, 11) is 5.29. The fourth-order valence-electron chi connectivity index (χ4n) is 4.14. The average molecular weight is 606 g/mol. The third-order valence-corrected chi connectivity index (χ3v) is 6.88. The Labute approximate surface area is 253 Å². The van der Waals surface area contributed by atoms with Gasteiger partial charge in [-0.15, -0.1) is 0 Å². The SMILES string of the molecule is CNN(C)Cc1cc2ccccc2n1CCC(=O)NCCNCC(=O)NCCOCCOCCC(=O)N(C)C(C)C(=O)O. The van der Waals surface area contributed by atoms with Gasteiger partial charge in [-0.3, -0.25) is 19.8 Å². The minimum Gasteiger partial charge on any atom is -0.480 e. The number of hydrogen-bond acceptors (Lipinski definition) is 9. The maximum atomic E-state index is 12.4. The lowest BCUT2D eigenvalue weighted by atomic mass is 10.2. The molecule has 14 nitrogen and oxygen atoms in total. The van der Waals surface area contributed by atoms with E-state index in [9.17, 15) is 19.2 Å². The molecule has 0 saturated carbocycles. The maximum absolute atomic E-state index is 12.4. The summed E-state index contributed by atoms with van der Waals surface area (Å²) in [5.74, 6) is -1.60. The van der Waals surface area contributed by atoms with Crippen molar-refractivity contribution in [1.82, 2.24) is 35.9 Å². The summed E-state index contributed by atoms with van der Waals surface area (Å²) in [5.41, 5.74) is 5.33. The van der Waals surface area contributed by atoms with Gasteiger partial charge in [-0.25, -0.2) is 9.80 Å². The van der Waals surface area contributed by atoms with Crippen LogP contribution in [0.25, 0.3) is 10.9 Å². The van der Waals surface area contributed by atoms with Crippen molar-refractivity contribution in [1.29, 1.82) is 0 Å². The number of aryl methyl sites for hydroxylation is 1. The van der Waals surface area contributed by atoms with Crippen LogP contribution in [0.1, 0.15) is 25.5 Å². The Morgan fingerprint density at radius 2 is 1.63 bits per heavy atom. The molecular formula is C29H47N7O7. The van der Waals surface area contributed by atoms with Gasteiger partial charge in [-0.1, -0.05) is 18.2 Å². The third-order valence-electron chi connectivity index (χ3n) is 6.88. The fraction of sp³-hybridized carbons (Fsp3) is 0.586. The lowest BCUT2D eigenvalue weighted by molar-refractivity contribution is -0.148. The molecule has 43 heavy (non-hydrogen) atoms. The highest BCUT2D eigenvalue weighted by molar-refractivity contribution is 5.83. The maximum Gasteiger partial charge on any atom is 0.326 e. The number of carbonyl (C=O) groups is 4. The predicted molar refractivity (Wildman–Crippen MR) is 162 cm³/mol. The molecule has 3 amide bonds. The van der Waals surface area contributed by atoms with E-state index in [0.29, 0.717) is 52.4 Å². The Morgan fingerprint density at radius 3 is 2.35 bits per heavy atom. The van der Waals surface area contributed by atoms with Crippen molar-refractivity contribution in [2.24, 2.45) is 0 Å². The number of hydrazine groups is 1. The predicted octanol–water partition coefficient (Wildman–Crippen LogP) is -0.226. The van der Waals surface area contributed by atoms with Crippen LogP contribution in [0, 0.1) is 0 Å². The Balaban J connectivity index is 1.49. The Kier molecular flexibility index (Phi) is 16.2. The molecule has 0 aliphatic rings. The summed E-state index contributed by atoms with van der Waals surface area (Å²) in [6.45, 7) is 5.13. The van der Waals surface area contributed by atoms with Crippen LogP contribution in [-0.4, -0.2) is 123 Å². The van der Waals surface area contributed by atoms with E-state index in [0.717, 1.165) is 16.6 Å². The van der Waals surface area contributed by atoms with Crippen LogP contribution in [0.5, 0.6) is 0 Å². The van der Waals surface area contributed by atoms with Crippen molar-refractivity contribution in [3.63, 3.8) is 0 Å². The van der Waals surface area contributed by atoms with E-state index in [4.69, 9.17) is 14.6 Å². The number of amides is 3. The number of ether oxygens (including phenoxy) is 2. The van der Waals surface area contributed by atoms with Crippen LogP contribution in [-0.2, 0) is 41.7 Å². The van der Waals surface area contributed by atoms with Crippen molar-refractivity contribution in [3.8, 4) is 0 Å². The lowest BCUT2D eigenvalue weighted by Crippen LogP contribution is -2.40. The highest BCUT2D eigenvalue weighted by atomic mass is 16.5. The molecule has 0 bridgehead atoms. The summed E-state index contributed by atoms with van der Waals surface area (Å²) in [6.07, 6.45) is 0.435. The fourth-order valence-corrected chi connectivity index (χ4v) is 4.14. The molecule has 0 spiro atoms. The van der Waals surface area contributed by atoms with Gasteiger partial charge in [0.25, 0.3) is 0 Å². The number of carbonyl (C=O) groups excluding carboxylic acids is 3. The van der Waals surface area contributed by atoms with E-state index in [2.05, 4.69) is 44.1 Å². The van der Waals surface area contributed by atoms with Gasteiger partial charge in [0.15, 0.2) is 0 Å². The summed E-state index contributed by atoms with van der Waals surface area (Å²) in [6, 6.07) is 9.40. The normalized spacial score (nSPS) is 11.9. The minimum absolute atomic E-state index is 0.0511. The number of fused-ring (bicyclic) bond motifs is 1. The van der Waals surface area contributed by atoms with Crippen LogP contribution in [0.4, 0.5) is 0 Å². The number of para-hydroxylation sites is 1. The number of benzene rings is 1. The number of carboxylic acids is 1. The Morgan fingerprint density at radius 1 is 0.930 bits per heavy atom. The van der Waals surface area contributed by atoms with E-state index in [1.54, 1.807) is 0 Å². The van der Waals surface area contributed by atoms with Crippen LogP contribution >= 0.6 is 0 Å². The molecule has 1 aromatic heterocycles. The van der Waals surface area contributed by atoms with Gasteiger partial charge in [-0.05, 0) is 31.5 Å². The molecule has 1 aromatic carbocycles. The highest BCUT2D eigenvalue weighted by Gasteiger charge is 2.21. The molecular weight excluding hydrogens is 558 g/mol. The van der Waals surface area contributed by atoms with Crippen molar-refractivity contribution >= 4 is 34.6 Å².